The van der Waals surface area contributed by atoms with E-state index < -0.39 is 0 Å². The van der Waals surface area contributed by atoms with E-state index in [1.54, 1.807) is 11.3 Å². The molecule has 1 aromatic heterocycles. The first-order chi connectivity index (χ1) is 8.72. The number of thiazole rings is 1. The van der Waals surface area contributed by atoms with Gasteiger partial charge in [0.15, 0.2) is 5.13 Å². The summed E-state index contributed by atoms with van der Waals surface area (Å²) in [5.41, 5.74) is 0.924. The third kappa shape index (κ3) is 2.58. The lowest BCUT2D eigenvalue weighted by atomic mass is 9.96. The number of halogens is 2. The summed E-state index contributed by atoms with van der Waals surface area (Å²) in [5.74, 6) is 0. The van der Waals surface area contributed by atoms with E-state index in [-0.39, 0.29) is 0 Å². The molecule has 0 bridgehead atoms. The second-order valence-electron chi connectivity index (χ2n) is 4.73. The van der Waals surface area contributed by atoms with Gasteiger partial charge in [-0.05, 0) is 25.0 Å². The zero-order valence-electron chi connectivity index (χ0n) is 9.88. The van der Waals surface area contributed by atoms with Crippen molar-refractivity contribution in [2.45, 2.75) is 38.1 Å². The summed E-state index contributed by atoms with van der Waals surface area (Å²) in [7, 11) is 0. The molecular weight excluding hydrogens is 287 g/mol. The maximum atomic E-state index is 6.02. The van der Waals surface area contributed by atoms with Gasteiger partial charge in [-0.2, -0.15) is 0 Å². The van der Waals surface area contributed by atoms with Crippen LogP contribution in [0.3, 0.4) is 0 Å². The van der Waals surface area contributed by atoms with E-state index in [4.69, 9.17) is 23.2 Å². The van der Waals surface area contributed by atoms with Crippen LogP contribution in [0.2, 0.25) is 10.0 Å². The smallest absolute Gasteiger partial charge is 0.184 e. The highest BCUT2D eigenvalue weighted by atomic mass is 35.5. The first kappa shape index (κ1) is 12.5. The summed E-state index contributed by atoms with van der Waals surface area (Å²) in [4.78, 5) is 4.57. The van der Waals surface area contributed by atoms with Gasteiger partial charge in [0.05, 0.1) is 20.3 Å². The van der Waals surface area contributed by atoms with Crippen LogP contribution in [0.1, 0.15) is 32.1 Å². The van der Waals surface area contributed by atoms with Gasteiger partial charge in [-0.1, -0.05) is 53.8 Å². The molecule has 1 aliphatic carbocycles. The Morgan fingerprint density at radius 3 is 2.61 bits per heavy atom. The number of hydrogen-bond acceptors (Lipinski definition) is 3. The first-order valence-corrected chi connectivity index (χ1v) is 7.82. The fourth-order valence-corrected chi connectivity index (χ4v) is 3.76. The standard InChI is InChI=1S/C13H14Cl2N2S/c14-9-6-11-12(7-10(9)15)18-13(17-11)16-8-4-2-1-3-5-8/h6-8H,1-5H2,(H,16,17). The molecule has 1 N–H and O–H groups in total. The van der Waals surface area contributed by atoms with Gasteiger partial charge in [0.1, 0.15) is 0 Å². The molecule has 0 atom stereocenters. The molecule has 1 aliphatic rings. The Morgan fingerprint density at radius 1 is 1.11 bits per heavy atom. The molecule has 5 heteroatoms. The molecule has 1 heterocycles. The average molecular weight is 301 g/mol. The molecule has 1 saturated carbocycles. The third-order valence-corrected chi connectivity index (χ3v) is 5.03. The van der Waals surface area contributed by atoms with Crippen LogP contribution in [0.5, 0.6) is 0 Å². The number of rotatable bonds is 2. The van der Waals surface area contributed by atoms with E-state index >= 15 is 0 Å². The highest BCUT2D eigenvalue weighted by Gasteiger charge is 2.15. The molecular formula is C13H14Cl2N2S. The van der Waals surface area contributed by atoms with Crippen molar-refractivity contribution < 1.29 is 0 Å². The lowest BCUT2D eigenvalue weighted by Gasteiger charge is -2.22. The fraction of sp³-hybridized carbons (Fsp3) is 0.462. The van der Waals surface area contributed by atoms with Crippen LogP contribution in [0, 0.1) is 0 Å². The summed E-state index contributed by atoms with van der Waals surface area (Å²) in [6, 6.07) is 4.30. The molecule has 2 nitrogen and oxygen atoms in total. The molecule has 1 fully saturated rings. The van der Waals surface area contributed by atoms with Crippen molar-refractivity contribution in [1.29, 1.82) is 0 Å². The van der Waals surface area contributed by atoms with Crippen molar-refractivity contribution >= 4 is 49.9 Å². The largest absolute Gasteiger partial charge is 0.359 e. The van der Waals surface area contributed by atoms with E-state index in [9.17, 15) is 0 Å². The number of aromatic nitrogens is 1. The zero-order chi connectivity index (χ0) is 12.5. The number of anilines is 1. The molecule has 3 rings (SSSR count). The zero-order valence-corrected chi connectivity index (χ0v) is 12.2. The van der Waals surface area contributed by atoms with Gasteiger partial charge in [-0.25, -0.2) is 4.98 Å². The molecule has 0 amide bonds. The molecule has 0 aliphatic heterocycles. The van der Waals surface area contributed by atoms with Crippen LogP contribution >= 0.6 is 34.5 Å². The van der Waals surface area contributed by atoms with Gasteiger partial charge in [0.25, 0.3) is 0 Å². The van der Waals surface area contributed by atoms with Gasteiger partial charge < -0.3 is 5.32 Å². The summed E-state index contributed by atoms with van der Waals surface area (Å²) in [6.07, 6.45) is 6.50. The lowest BCUT2D eigenvalue weighted by Crippen LogP contribution is -2.21. The van der Waals surface area contributed by atoms with Crippen LogP contribution in [0.15, 0.2) is 12.1 Å². The van der Waals surface area contributed by atoms with Crippen molar-refractivity contribution in [2.75, 3.05) is 5.32 Å². The number of hydrogen-bond donors (Lipinski definition) is 1. The van der Waals surface area contributed by atoms with Crippen LogP contribution in [-0.4, -0.2) is 11.0 Å². The van der Waals surface area contributed by atoms with Gasteiger partial charge in [-0.3, -0.25) is 0 Å². The summed E-state index contributed by atoms with van der Waals surface area (Å²) < 4.78 is 1.09. The van der Waals surface area contributed by atoms with E-state index in [1.807, 2.05) is 12.1 Å². The third-order valence-electron chi connectivity index (χ3n) is 3.36. The summed E-state index contributed by atoms with van der Waals surface area (Å²) in [6.45, 7) is 0. The average Bonchev–Trinajstić information content (AvgIpc) is 2.72. The second-order valence-corrected chi connectivity index (χ2v) is 6.58. The quantitative estimate of drug-likeness (QED) is 0.809. The molecule has 0 unspecified atom stereocenters. The minimum Gasteiger partial charge on any atom is -0.359 e. The highest BCUT2D eigenvalue weighted by Crippen LogP contribution is 2.34. The van der Waals surface area contributed by atoms with Crippen molar-refractivity contribution in [3.05, 3.63) is 22.2 Å². The second kappa shape index (κ2) is 5.24. The normalized spacial score (nSPS) is 17.2. The number of benzene rings is 1. The van der Waals surface area contributed by atoms with Crippen molar-refractivity contribution in [1.82, 2.24) is 4.98 Å². The molecule has 0 radical (unpaired) electrons. The lowest BCUT2D eigenvalue weighted by molar-refractivity contribution is 0.462. The Balaban J connectivity index is 1.84. The Morgan fingerprint density at radius 2 is 1.83 bits per heavy atom. The van der Waals surface area contributed by atoms with Gasteiger partial charge >= 0.3 is 0 Å². The van der Waals surface area contributed by atoms with E-state index in [1.165, 1.54) is 32.1 Å². The Labute approximate surface area is 120 Å². The predicted octanol–water partition coefficient (Wildman–Crippen LogP) is 5.35. The summed E-state index contributed by atoms with van der Waals surface area (Å²) in [5, 5.41) is 5.67. The van der Waals surface area contributed by atoms with Crippen LogP contribution in [0.4, 0.5) is 5.13 Å². The van der Waals surface area contributed by atoms with Crippen LogP contribution in [0.25, 0.3) is 10.2 Å². The minimum atomic E-state index is 0.568. The van der Waals surface area contributed by atoms with Crippen molar-refractivity contribution in [2.24, 2.45) is 0 Å². The van der Waals surface area contributed by atoms with Gasteiger partial charge in [-0.15, -0.1) is 0 Å². The van der Waals surface area contributed by atoms with E-state index in [0.29, 0.717) is 16.1 Å². The van der Waals surface area contributed by atoms with Crippen LogP contribution in [-0.2, 0) is 0 Å². The SMILES string of the molecule is Clc1cc2nc(NC3CCCCC3)sc2cc1Cl. The Bertz CT molecular complexity index is 522. The molecule has 0 spiro atoms. The Hall–Kier alpha value is -0.510. The maximum absolute atomic E-state index is 6.02. The maximum Gasteiger partial charge on any atom is 0.184 e. The topological polar surface area (TPSA) is 24.9 Å². The molecule has 2 aromatic rings. The van der Waals surface area contributed by atoms with Crippen molar-refractivity contribution in [3.8, 4) is 0 Å². The monoisotopic (exact) mass is 300 g/mol. The number of nitrogens with zero attached hydrogens (tertiary/aromatic N) is 1. The van der Waals surface area contributed by atoms with E-state index in [0.717, 1.165) is 15.3 Å². The minimum absolute atomic E-state index is 0.568. The molecule has 0 saturated heterocycles. The first-order valence-electron chi connectivity index (χ1n) is 6.24. The van der Waals surface area contributed by atoms with Gasteiger partial charge in [0.2, 0.25) is 0 Å². The predicted molar refractivity (Wildman–Crippen MR) is 80.1 cm³/mol. The Kier molecular flexibility index (Phi) is 3.64. The van der Waals surface area contributed by atoms with Gasteiger partial charge in [0, 0.05) is 6.04 Å². The van der Waals surface area contributed by atoms with Crippen molar-refractivity contribution in [3.63, 3.8) is 0 Å². The molecule has 1 aromatic carbocycles. The van der Waals surface area contributed by atoms with E-state index in [2.05, 4.69) is 10.3 Å². The highest BCUT2D eigenvalue weighted by molar-refractivity contribution is 7.22. The van der Waals surface area contributed by atoms with Crippen LogP contribution < -0.4 is 5.32 Å². The number of fused-ring (bicyclic) bond motifs is 1. The molecule has 18 heavy (non-hydrogen) atoms. The fourth-order valence-electron chi connectivity index (χ4n) is 2.41. The number of nitrogens with one attached hydrogen (secondary N) is 1. The molecule has 96 valence electrons. The summed E-state index contributed by atoms with van der Waals surface area (Å²) >= 11 is 13.7.